The predicted molar refractivity (Wildman–Crippen MR) is 83.2 cm³/mol. The van der Waals surface area contributed by atoms with Gasteiger partial charge in [0.15, 0.2) is 5.82 Å². The standard InChI is InChI=1S/C16H13FN4O3/c1-24-15(23)8-12-16(20-19-11-4-2-3-5-13(11)22)21-9-10(17)6-7-14(21)18-12/h2-7,9,22H,8H2,1H3. The number of benzene rings is 1. The summed E-state index contributed by atoms with van der Waals surface area (Å²) in [5.41, 5.74) is 0.959. The summed E-state index contributed by atoms with van der Waals surface area (Å²) in [5.74, 6) is -0.838. The van der Waals surface area contributed by atoms with Gasteiger partial charge in [0.05, 0.1) is 19.2 Å². The van der Waals surface area contributed by atoms with E-state index >= 15 is 0 Å². The van der Waals surface area contributed by atoms with Gasteiger partial charge < -0.3 is 9.84 Å². The van der Waals surface area contributed by atoms with Gasteiger partial charge in [0.2, 0.25) is 0 Å². The molecule has 0 unspecified atom stereocenters. The van der Waals surface area contributed by atoms with Gasteiger partial charge in [-0.3, -0.25) is 9.20 Å². The minimum atomic E-state index is -0.502. The zero-order chi connectivity index (χ0) is 17.1. The highest BCUT2D eigenvalue weighted by atomic mass is 19.1. The van der Waals surface area contributed by atoms with Crippen LogP contribution in [0.25, 0.3) is 5.65 Å². The first-order valence-corrected chi connectivity index (χ1v) is 7.01. The fraction of sp³-hybridized carbons (Fsp3) is 0.125. The van der Waals surface area contributed by atoms with Gasteiger partial charge in [0, 0.05) is 6.20 Å². The summed E-state index contributed by atoms with van der Waals surface area (Å²) in [4.78, 5) is 15.8. The van der Waals surface area contributed by atoms with Gasteiger partial charge in [0.25, 0.3) is 0 Å². The number of halogens is 1. The summed E-state index contributed by atoms with van der Waals surface area (Å²) in [6.45, 7) is 0. The Labute approximate surface area is 136 Å². The monoisotopic (exact) mass is 328 g/mol. The summed E-state index contributed by atoms with van der Waals surface area (Å²) in [6, 6.07) is 9.11. The molecule has 2 heterocycles. The van der Waals surface area contributed by atoms with Crippen LogP contribution in [0.15, 0.2) is 52.8 Å². The highest BCUT2D eigenvalue weighted by Gasteiger charge is 2.16. The smallest absolute Gasteiger partial charge is 0.311 e. The lowest BCUT2D eigenvalue weighted by Gasteiger charge is -2.00. The third-order valence-corrected chi connectivity index (χ3v) is 3.30. The minimum absolute atomic E-state index is 0.0456. The number of carbonyl (C=O) groups excluding carboxylic acids is 1. The lowest BCUT2D eigenvalue weighted by Crippen LogP contribution is -2.04. The van der Waals surface area contributed by atoms with Crippen LogP contribution in [0.2, 0.25) is 0 Å². The summed E-state index contributed by atoms with van der Waals surface area (Å²) >= 11 is 0. The molecule has 1 aromatic carbocycles. The molecule has 0 aliphatic carbocycles. The van der Waals surface area contributed by atoms with E-state index in [2.05, 4.69) is 19.9 Å². The van der Waals surface area contributed by atoms with E-state index in [9.17, 15) is 14.3 Å². The number of hydrogen-bond donors (Lipinski definition) is 1. The van der Waals surface area contributed by atoms with Gasteiger partial charge in [0.1, 0.15) is 22.9 Å². The Morgan fingerprint density at radius 3 is 2.83 bits per heavy atom. The number of pyridine rings is 1. The van der Waals surface area contributed by atoms with Crippen molar-refractivity contribution in [2.45, 2.75) is 6.42 Å². The average Bonchev–Trinajstić information content (AvgIpc) is 2.90. The summed E-state index contributed by atoms with van der Waals surface area (Å²) in [5, 5.41) is 17.7. The molecule has 24 heavy (non-hydrogen) atoms. The van der Waals surface area contributed by atoms with Crippen LogP contribution in [-0.2, 0) is 16.0 Å². The molecule has 1 N–H and O–H groups in total. The maximum atomic E-state index is 13.5. The van der Waals surface area contributed by atoms with Gasteiger partial charge in [-0.25, -0.2) is 9.37 Å². The van der Waals surface area contributed by atoms with Crippen LogP contribution in [0.4, 0.5) is 15.9 Å². The number of para-hydroxylation sites is 1. The predicted octanol–water partition coefficient (Wildman–Crippen LogP) is 3.31. The van der Waals surface area contributed by atoms with Crippen molar-refractivity contribution in [2.24, 2.45) is 10.2 Å². The molecule has 0 atom stereocenters. The maximum Gasteiger partial charge on any atom is 0.311 e. The van der Waals surface area contributed by atoms with Gasteiger partial charge in [-0.1, -0.05) is 12.1 Å². The molecule has 122 valence electrons. The molecule has 0 bridgehead atoms. The minimum Gasteiger partial charge on any atom is -0.506 e. The molecule has 0 spiro atoms. The van der Waals surface area contributed by atoms with Crippen LogP contribution in [0.3, 0.4) is 0 Å². The van der Waals surface area contributed by atoms with Gasteiger partial charge in [-0.2, -0.15) is 0 Å². The van der Waals surface area contributed by atoms with E-state index in [4.69, 9.17) is 0 Å². The second kappa shape index (κ2) is 6.45. The first kappa shape index (κ1) is 15.6. The molecule has 0 aliphatic heterocycles. The summed E-state index contributed by atoms with van der Waals surface area (Å²) in [6.07, 6.45) is 1.07. The first-order valence-electron chi connectivity index (χ1n) is 7.01. The Hall–Kier alpha value is -3.29. The van der Waals surface area contributed by atoms with Crippen molar-refractivity contribution in [2.75, 3.05) is 7.11 Å². The quantitative estimate of drug-likeness (QED) is 0.588. The largest absolute Gasteiger partial charge is 0.506 e. The van der Waals surface area contributed by atoms with Gasteiger partial charge >= 0.3 is 5.97 Å². The molecule has 7 nitrogen and oxygen atoms in total. The number of phenols is 1. The topological polar surface area (TPSA) is 88.5 Å². The van der Waals surface area contributed by atoms with E-state index in [1.54, 1.807) is 18.2 Å². The molecule has 3 aromatic rings. The molecular weight excluding hydrogens is 315 g/mol. The second-order valence-corrected chi connectivity index (χ2v) is 4.90. The number of imidazole rings is 1. The zero-order valence-corrected chi connectivity index (χ0v) is 12.7. The van der Waals surface area contributed by atoms with E-state index < -0.39 is 11.8 Å². The molecule has 8 heteroatoms. The summed E-state index contributed by atoms with van der Waals surface area (Å²) < 4.78 is 19.6. The highest BCUT2D eigenvalue weighted by Crippen LogP contribution is 2.29. The normalized spacial score (nSPS) is 11.2. The van der Waals surface area contributed by atoms with Crippen molar-refractivity contribution in [1.82, 2.24) is 9.38 Å². The second-order valence-electron chi connectivity index (χ2n) is 4.90. The van der Waals surface area contributed by atoms with E-state index in [1.165, 1.54) is 35.9 Å². The van der Waals surface area contributed by atoms with Crippen LogP contribution in [0.5, 0.6) is 5.75 Å². The molecular formula is C16H13FN4O3. The Kier molecular flexibility index (Phi) is 4.19. The van der Waals surface area contributed by atoms with Crippen molar-refractivity contribution < 1.29 is 19.0 Å². The molecule has 0 radical (unpaired) electrons. The first-order chi connectivity index (χ1) is 11.6. The lowest BCUT2D eigenvalue weighted by atomic mass is 10.3. The molecule has 0 aliphatic rings. The van der Waals surface area contributed by atoms with Crippen LogP contribution in [-0.4, -0.2) is 27.6 Å². The number of esters is 1. The van der Waals surface area contributed by atoms with E-state index in [-0.39, 0.29) is 23.7 Å². The van der Waals surface area contributed by atoms with Crippen molar-refractivity contribution in [3.05, 3.63) is 54.1 Å². The molecule has 0 fully saturated rings. The van der Waals surface area contributed by atoms with Crippen LogP contribution in [0, 0.1) is 5.82 Å². The third-order valence-electron chi connectivity index (χ3n) is 3.30. The van der Waals surface area contributed by atoms with Crippen molar-refractivity contribution in [3.63, 3.8) is 0 Å². The highest BCUT2D eigenvalue weighted by molar-refractivity contribution is 5.74. The average molecular weight is 328 g/mol. The number of rotatable bonds is 4. The van der Waals surface area contributed by atoms with E-state index in [1.807, 2.05) is 0 Å². The van der Waals surface area contributed by atoms with E-state index in [0.29, 0.717) is 11.3 Å². The zero-order valence-electron chi connectivity index (χ0n) is 12.7. The number of carbonyl (C=O) groups is 1. The number of ether oxygens (including phenoxy) is 1. The number of azo groups is 1. The van der Waals surface area contributed by atoms with Gasteiger partial charge in [-0.05, 0) is 24.3 Å². The van der Waals surface area contributed by atoms with Crippen LogP contribution < -0.4 is 0 Å². The lowest BCUT2D eigenvalue weighted by molar-refractivity contribution is -0.139. The Morgan fingerprint density at radius 2 is 2.08 bits per heavy atom. The molecule has 2 aromatic heterocycles. The fourth-order valence-corrected chi connectivity index (χ4v) is 2.14. The number of aromatic nitrogens is 2. The third kappa shape index (κ3) is 3.07. The van der Waals surface area contributed by atoms with Crippen molar-refractivity contribution in [3.8, 4) is 5.75 Å². The van der Waals surface area contributed by atoms with Crippen molar-refractivity contribution in [1.29, 1.82) is 0 Å². The Morgan fingerprint density at radius 1 is 1.29 bits per heavy atom. The molecule has 3 rings (SSSR count). The molecule has 0 amide bonds. The fourth-order valence-electron chi connectivity index (χ4n) is 2.14. The maximum absolute atomic E-state index is 13.5. The number of aromatic hydroxyl groups is 1. The van der Waals surface area contributed by atoms with Crippen LogP contribution >= 0.6 is 0 Å². The summed E-state index contributed by atoms with van der Waals surface area (Å²) in [7, 11) is 1.26. The van der Waals surface area contributed by atoms with Crippen LogP contribution in [0.1, 0.15) is 5.69 Å². The molecule has 0 saturated carbocycles. The number of nitrogens with zero attached hydrogens (tertiary/aromatic N) is 4. The number of hydrogen-bond acceptors (Lipinski definition) is 6. The molecule has 0 saturated heterocycles. The Balaban J connectivity index is 2.09. The Bertz CT molecular complexity index is 936. The van der Waals surface area contributed by atoms with Crippen molar-refractivity contribution >= 4 is 23.1 Å². The van der Waals surface area contributed by atoms with Gasteiger partial charge in [-0.15, -0.1) is 10.2 Å². The SMILES string of the molecule is COC(=O)Cc1nc2ccc(F)cn2c1N=Nc1ccccc1O. The van der Waals surface area contributed by atoms with E-state index in [0.717, 1.165) is 0 Å². The number of methoxy groups -OCH3 is 1. The number of phenolic OH excluding ortho intramolecular Hbond substituents is 1. The number of fused-ring (bicyclic) bond motifs is 1.